The van der Waals surface area contributed by atoms with Crippen LogP contribution in [-0.2, 0) is 12.3 Å². The van der Waals surface area contributed by atoms with Crippen molar-refractivity contribution in [1.29, 1.82) is 0 Å². The Bertz CT molecular complexity index is 731. The molecule has 2 aromatic carbocycles. The molecule has 3 rings (SSSR count). The zero-order chi connectivity index (χ0) is 15.2. The van der Waals surface area contributed by atoms with Crippen molar-refractivity contribution in [2.24, 2.45) is 0 Å². The van der Waals surface area contributed by atoms with Gasteiger partial charge in [-0.1, -0.05) is 81.5 Å². The van der Waals surface area contributed by atoms with E-state index in [0.717, 1.165) is 26.2 Å². The van der Waals surface area contributed by atoms with Crippen LogP contribution in [0.4, 0.5) is 5.13 Å². The Balaban J connectivity index is 1.53. The Morgan fingerprint density at radius 2 is 1.82 bits per heavy atom. The first-order chi connectivity index (χ1) is 10.8. The zero-order valence-corrected chi connectivity index (χ0v) is 14.9. The third-order valence-electron chi connectivity index (χ3n) is 2.94. The molecule has 0 atom stereocenters. The second-order valence-corrected chi connectivity index (χ2v) is 7.75. The predicted octanol–water partition coefficient (Wildman–Crippen LogP) is 5.21. The molecule has 0 spiro atoms. The number of thioether (sulfide) groups is 1. The maximum Gasteiger partial charge on any atom is 0.206 e. The molecule has 3 nitrogen and oxygen atoms in total. The van der Waals surface area contributed by atoms with Crippen molar-refractivity contribution in [2.75, 3.05) is 5.32 Å². The van der Waals surface area contributed by atoms with E-state index < -0.39 is 0 Å². The van der Waals surface area contributed by atoms with Gasteiger partial charge in [0.15, 0.2) is 4.34 Å². The monoisotopic (exact) mass is 391 g/mol. The molecule has 0 amide bonds. The molecule has 6 heteroatoms. The number of hydrogen-bond donors (Lipinski definition) is 1. The number of nitrogens with one attached hydrogen (secondary N) is 1. The van der Waals surface area contributed by atoms with Gasteiger partial charge in [0.25, 0.3) is 0 Å². The van der Waals surface area contributed by atoms with Crippen molar-refractivity contribution in [3.8, 4) is 0 Å². The highest BCUT2D eigenvalue weighted by molar-refractivity contribution is 9.10. The maximum absolute atomic E-state index is 4.22. The van der Waals surface area contributed by atoms with E-state index in [1.807, 2.05) is 30.3 Å². The van der Waals surface area contributed by atoms with Crippen molar-refractivity contribution >= 4 is 44.2 Å². The lowest BCUT2D eigenvalue weighted by atomic mass is 10.2. The van der Waals surface area contributed by atoms with Crippen LogP contribution in [0.15, 0.2) is 63.4 Å². The van der Waals surface area contributed by atoms with Crippen LogP contribution in [0.5, 0.6) is 0 Å². The van der Waals surface area contributed by atoms with E-state index in [2.05, 4.69) is 55.7 Å². The van der Waals surface area contributed by atoms with Crippen molar-refractivity contribution in [1.82, 2.24) is 10.2 Å². The molecule has 0 saturated heterocycles. The van der Waals surface area contributed by atoms with Crippen molar-refractivity contribution < 1.29 is 0 Å². The van der Waals surface area contributed by atoms with Crippen LogP contribution in [0.25, 0.3) is 0 Å². The van der Waals surface area contributed by atoms with Crippen LogP contribution >= 0.6 is 39.0 Å². The summed E-state index contributed by atoms with van der Waals surface area (Å²) in [5.74, 6) is 0.896. The molecule has 0 saturated carbocycles. The topological polar surface area (TPSA) is 37.8 Å². The minimum atomic E-state index is 0.770. The number of rotatable bonds is 6. The smallest absolute Gasteiger partial charge is 0.206 e. The summed E-state index contributed by atoms with van der Waals surface area (Å²) in [5, 5.41) is 12.6. The second kappa shape index (κ2) is 7.76. The van der Waals surface area contributed by atoms with Crippen LogP contribution in [0, 0.1) is 0 Å². The molecular weight excluding hydrogens is 378 g/mol. The fourth-order valence-corrected chi connectivity index (χ4v) is 4.02. The van der Waals surface area contributed by atoms with Crippen LogP contribution in [0.3, 0.4) is 0 Å². The van der Waals surface area contributed by atoms with Crippen LogP contribution in [0.1, 0.15) is 11.1 Å². The summed E-state index contributed by atoms with van der Waals surface area (Å²) in [7, 11) is 0. The Kier molecular flexibility index (Phi) is 5.48. The van der Waals surface area contributed by atoms with Gasteiger partial charge in [0, 0.05) is 16.8 Å². The summed E-state index contributed by atoms with van der Waals surface area (Å²) in [6.07, 6.45) is 0. The van der Waals surface area contributed by atoms with Gasteiger partial charge in [-0.05, 0) is 23.3 Å². The van der Waals surface area contributed by atoms with Gasteiger partial charge in [-0.2, -0.15) is 0 Å². The van der Waals surface area contributed by atoms with E-state index in [1.54, 1.807) is 23.1 Å². The minimum absolute atomic E-state index is 0.770. The first kappa shape index (κ1) is 15.5. The van der Waals surface area contributed by atoms with Gasteiger partial charge in [0.1, 0.15) is 0 Å². The lowest BCUT2D eigenvalue weighted by Crippen LogP contribution is -1.98. The summed E-state index contributed by atoms with van der Waals surface area (Å²) in [6, 6.07) is 18.6. The molecule has 22 heavy (non-hydrogen) atoms. The number of halogens is 1. The average molecular weight is 392 g/mol. The lowest BCUT2D eigenvalue weighted by molar-refractivity contribution is 0.995. The normalized spacial score (nSPS) is 10.6. The highest BCUT2D eigenvalue weighted by atomic mass is 79.9. The third kappa shape index (κ3) is 4.56. The van der Waals surface area contributed by atoms with Gasteiger partial charge in [-0.15, -0.1) is 10.2 Å². The predicted molar refractivity (Wildman–Crippen MR) is 97.4 cm³/mol. The molecule has 0 aliphatic rings. The van der Waals surface area contributed by atoms with Gasteiger partial charge < -0.3 is 5.32 Å². The number of hydrogen-bond acceptors (Lipinski definition) is 5. The fourth-order valence-electron chi connectivity index (χ4n) is 1.88. The molecule has 1 heterocycles. The van der Waals surface area contributed by atoms with E-state index in [9.17, 15) is 0 Å². The zero-order valence-electron chi connectivity index (χ0n) is 11.7. The first-order valence-electron chi connectivity index (χ1n) is 6.78. The van der Waals surface area contributed by atoms with Crippen molar-refractivity contribution in [2.45, 2.75) is 16.6 Å². The third-order valence-corrected chi connectivity index (χ3v) is 5.52. The Morgan fingerprint density at radius 3 is 2.64 bits per heavy atom. The molecule has 0 aliphatic heterocycles. The van der Waals surface area contributed by atoms with Crippen LogP contribution < -0.4 is 5.32 Å². The van der Waals surface area contributed by atoms with Gasteiger partial charge in [-0.3, -0.25) is 0 Å². The lowest BCUT2D eigenvalue weighted by Gasteiger charge is -2.01. The van der Waals surface area contributed by atoms with E-state index in [1.165, 1.54) is 11.1 Å². The number of nitrogens with zero attached hydrogens (tertiary/aromatic N) is 2. The SMILES string of the molecule is Brc1cccc(CSc2nnc(NCc3ccccc3)s2)c1. The Labute approximate surface area is 146 Å². The highest BCUT2D eigenvalue weighted by Crippen LogP contribution is 2.29. The molecule has 0 unspecified atom stereocenters. The Morgan fingerprint density at radius 1 is 1.00 bits per heavy atom. The first-order valence-corrected chi connectivity index (χ1v) is 9.38. The summed E-state index contributed by atoms with van der Waals surface area (Å²) < 4.78 is 2.09. The molecule has 0 bridgehead atoms. The molecule has 0 radical (unpaired) electrons. The number of benzene rings is 2. The highest BCUT2D eigenvalue weighted by Gasteiger charge is 2.05. The molecular formula is C16H14BrN3S2. The molecule has 1 aromatic heterocycles. The van der Waals surface area contributed by atoms with Crippen LogP contribution in [0.2, 0.25) is 0 Å². The quantitative estimate of drug-likeness (QED) is 0.585. The molecule has 0 aliphatic carbocycles. The van der Waals surface area contributed by atoms with E-state index in [-0.39, 0.29) is 0 Å². The second-order valence-electron chi connectivity index (χ2n) is 4.63. The number of anilines is 1. The van der Waals surface area contributed by atoms with Gasteiger partial charge in [0.2, 0.25) is 5.13 Å². The minimum Gasteiger partial charge on any atom is -0.356 e. The summed E-state index contributed by atoms with van der Waals surface area (Å²) in [5.41, 5.74) is 2.51. The average Bonchev–Trinajstić information content (AvgIpc) is 3.00. The standard InChI is InChI=1S/C16H14BrN3S2/c17-14-8-4-7-13(9-14)11-21-16-20-19-15(22-16)18-10-12-5-2-1-3-6-12/h1-9H,10-11H2,(H,18,19). The van der Waals surface area contributed by atoms with Gasteiger partial charge in [0.05, 0.1) is 0 Å². The maximum atomic E-state index is 4.22. The summed E-state index contributed by atoms with van der Waals surface area (Å²) in [4.78, 5) is 0. The molecule has 1 N–H and O–H groups in total. The van der Waals surface area contributed by atoms with Gasteiger partial charge in [-0.25, -0.2) is 0 Å². The van der Waals surface area contributed by atoms with Crippen molar-refractivity contribution in [3.05, 3.63) is 70.2 Å². The molecule has 0 fully saturated rings. The fraction of sp³-hybridized carbons (Fsp3) is 0.125. The molecule has 3 aromatic rings. The molecule has 112 valence electrons. The van der Waals surface area contributed by atoms with E-state index in [0.29, 0.717) is 0 Å². The Hall–Kier alpha value is -1.37. The van der Waals surface area contributed by atoms with Crippen molar-refractivity contribution in [3.63, 3.8) is 0 Å². The van der Waals surface area contributed by atoms with Gasteiger partial charge >= 0.3 is 0 Å². The van der Waals surface area contributed by atoms with Crippen LogP contribution in [-0.4, -0.2) is 10.2 Å². The number of aromatic nitrogens is 2. The van der Waals surface area contributed by atoms with E-state index >= 15 is 0 Å². The summed E-state index contributed by atoms with van der Waals surface area (Å²) in [6.45, 7) is 0.770. The summed E-state index contributed by atoms with van der Waals surface area (Å²) >= 11 is 6.79. The van der Waals surface area contributed by atoms with E-state index in [4.69, 9.17) is 0 Å². The largest absolute Gasteiger partial charge is 0.356 e.